The summed E-state index contributed by atoms with van der Waals surface area (Å²) in [4.78, 5) is 4.37. The lowest BCUT2D eigenvalue weighted by molar-refractivity contribution is 0.229. The van der Waals surface area contributed by atoms with Gasteiger partial charge in [0.05, 0.1) is 11.2 Å². The van der Waals surface area contributed by atoms with Crippen molar-refractivity contribution in [2.45, 2.75) is 38.6 Å². The second-order valence-corrected chi connectivity index (χ2v) is 4.63. The largest absolute Gasteiger partial charge is 0.361 e. The van der Waals surface area contributed by atoms with Crippen LogP contribution >= 0.6 is 12.4 Å². The number of nitrogens with two attached hydrogens (primary N) is 1. The van der Waals surface area contributed by atoms with Gasteiger partial charge in [0, 0.05) is 0 Å². The molecule has 2 aromatic rings. The molecule has 0 aromatic carbocycles. The van der Waals surface area contributed by atoms with Crippen LogP contribution in [0, 0.1) is 13.8 Å². The Balaban J connectivity index is 0.00000120. The maximum Gasteiger partial charge on any atom is 0.263 e. The van der Waals surface area contributed by atoms with E-state index in [1.807, 2.05) is 13.8 Å². The van der Waals surface area contributed by atoms with Crippen molar-refractivity contribution in [2.24, 2.45) is 5.73 Å². The summed E-state index contributed by atoms with van der Waals surface area (Å²) >= 11 is 0. The average molecular weight is 271 g/mol. The van der Waals surface area contributed by atoms with Gasteiger partial charge in [0.25, 0.3) is 5.89 Å². The van der Waals surface area contributed by atoms with Gasteiger partial charge >= 0.3 is 0 Å². The Bertz CT molecular complexity index is 540. The summed E-state index contributed by atoms with van der Waals surface area (Å²) in [5, 5.41) is 7.83. The fraction of sp³-hybridized carbons (Fsp3) is 0.545. The fourth-order valence-corrected chi connectivity index (χ4v) is 2.10. The van der Waals surface area contributed by atoms with Gasteiger partial charge in [0.2, 0.25) is 0 Å². The molecular weight excluding hydrogens is 256 g/mol. The van der Waals surface area contributed by atoms with Crippen LogP contribution in [0.2, 0.25) is 0 Å². The van der Waals surface area contributed by atoms with Crippen LogP contribution < -0.4 is 5.73 Å². The van der Waals surface area contributed by atoms with E-state index in [0.29, 0.717) is 17.5 Å². The molecule has 1 saturated carbocycles. The molecule has 0 saturated heterocycles. The number of aromatic nitrogens is 3. The summed E-state index contributed by atoms with van der Waals surface area (Å²) in [7, 11) is 0. The summed E-state index contributed by atoms with van der Waals surface area (Å²) < 4.78 is 10.3. The number of hydrogen-bond donors (Lipinski definition) is 1. The van der Waals surface area contributed by atoms with Crippen LogP contribution in [0.15, 0.2) is 9.05 Å². The molecule has 0 bridgehead atoms. The number of halogens is 1. The average Bonchev–Trinajstić information content (AvgIpc) is 2.83. The van der Waals surface area contributed by atoms with Crippen molar-refractivity contribution in [3.05, 3.63) is 17.3 Å². The van der Waals surface area contributed by atoms with E-state index < -0.39 is 5.54 Å². The molecule has 0 spiro atoms. The second-order valence-electron chi connectivity index (χ2n) is 4.63. The monoisotopic (exact) mass is 270 g/mol. The van der Waals surface area contributed by atoms with Crippen LogP contribution in [-0.4, -0.2) is 15.3 Å². The molecule has 2 heterocycles. The lowest BCUT2D eigenvalue weighted by atomic mass is 9.77. The van der Waals surface area contributed by atoms with E-state index in [1.54, 1.807) is 0 Å². The topological polar surface area (TPSA) is 91.0 Å². The lowest BCUT2D eigenvalue weighted by Crippen LogP contribution is -2.44. The maximum atomic E-state index is 6.14. The van der Waals surface area contributed by atoms with Gasteiger partial charge in [0.1, 0.15) is 11.3 Å². The molecule has 0 unspecified atom stereocenters. The van der Waals surface area contributed by atoms with Gasteiger partial charge in [-0.05, 0) is 33.1 Å². The van der Waals surface area contributed by atoms with Crippen LogP contribution in [-0.2, 0) is 5.54 Å². The molecular formula is C11H15ClN4O2. The van der Waals surface area contributed by atoms with Crippen LogP contribution in [0.4, 0.5) is 0 Å². The normalized spacial score (nSPS) is 17.1. The molecule has 0 radical (unpaired) electrons. The van der Waals surface area contributed by atoms with Crippen molar-refractivity contribution >= 4 is 12.4 Å². The van der Waals surface area contributed by atoms with Gasteiger partial charge in [0.15, 0.2) is 5.82 Å². The third kappa shape index (κ3) is 1.81. The van der Waals surface area contributed by atoms with Gasteiger partial charge < -0.3 is 14.8 Å². The van der Waals surface area contributed by atoms with Gasteiger partial charge in [-0.25, -0.2) is 0 Å². The summed E-state index contributed by atoms with van der Waals surface area (Å²) in [5.74, 6) is 1.70. The van der Waals surface area contributed by atoms with E-state index in [4.69, 9.17) is 14.8 Å². The van der Waals surface area contributed by atoms with Crippen molar-refractivity contribution in [3.8, 4) is 11.5 Å². The van der Waals surface area contributed by atoms with Crippen molar-refractivity contribution in [1.29, 1.82) is 0 Å². The van der Waals surface area contributed by atoms with Crippen LogP contribution in [0.5, 0.6) is 0 Å². The van der Waals surface area contributed by atoms with Gasteiger partial charge in [-0.2, -0.15) is 4.98 Å². The number of hydrogen-bond acceptors (Lipinski definition) is 6. The Morgan fingerprint density at radius 3 is 2.39 bits per heavy atom. The first-order valence-corrected chi connectivity index (χ1v) is 5.66. The van der Waals surface area contributed by atoms with Crippen LogP contribution in [0.3, 0.4) is 0 Å². The minimum Gasteiger partial charge on any atom is -0.361 e. The molecule has 0 aliphatic heterocycles. The van der Waals surface area contributed by atoms with Crippen molar-refractivity contribution in [3.63, 3.8) is 0 Å². The number of aryl methyl sites for hydroxylation is 2. The second kappa shape index (κ2) is 4.37. The Morgan fingerprint density at radius 1 is 1.17 bits per heavy atom. The molecule has 2 N–H and O–H groups in total. The van der Waals surface area contributed by atoms with E-state index in [0.717, 1.165) is 30.5 Å². The van der Waals surface area contributed by atoms with Gasteiger partial charge in [-0.15, -0.1) is 12.4 Å². The van der Waals surface area contributed by atoms with Crippen molar-refractivity contribution in [2.75, 3.05) is 0 Å². The highest BCUT2D eigenvalue weighted by atomic mass is 35.5. The fourth-order valence-electron chi connectivity index (χ4n) is 2.10. The van der Waals surface area contributed by atoms with E-state index in [-0.39, 0.29) is 12.4 Å². The van der Waals surface area contributed by atoms with Crippen molar-refractivity contribution in [1.82, 2.24) is 15.3 Å². The molecule has 0 atom stereocenters. The highest BCUT2D eigenvalue weighted by Gasteiger charge is 2.39. The zero-order valence-electron chi connectivity index (χ0n) is 10.3. The summed E-state index contributed by atoms with van der Waals surface area (Å²) in [6, 6.07) is 0. The van der Waals surface area contributed by atoms with E-state index in [1.165, 1.54) is 0 Å². The smallest absolute Gasteiger partial charge is 0.263 e. The summed E-state index contributed by atoms with van der Waals surface area (Å²) in [6.07, 6.45) is 2.94. The van der Waals surface area contributed by atoms with Crippen molar-refractivity contribution < 1.29 is 9.05 Å². The Labute approximate surface area is 110 Å². The van der Waals surface area contributed by atoms with E-state index in [2.05, 4.69) is 15.3 Å². The maximum absolute atomic E-state index is 6.14. The zero-order chi connectivity index (χ0) is 12.0. The molecule has 1 aliphatic carbocycles. The van der Waals surface area contributed by atoms with E-state index >= 15 is 0 Å². The zero-order valence-corrected chi connectivity index (χ0v) is 11.1. The molecule has 18 heavy (non-hydrogen) atoms. The minimum absolute atomic E-state index is 0. The molecule has 3 rings (SSSR count). The molecule has 7 heteroatoms. The number of nitrogens with zero attached hydrogens (tertiary/aromatic N) is 3. The summed E-state index contributed by atoms with van der Waals surface area (Å²) in [6.45, 7) is 3.66. The molecule has 2 aromatic heterocycles. The molecule has 0 amide bonds. The first-order chi connectivity index (χ1) is 8.10. The first-order valence-electron chi connectivity index (χ1n) is 5.66. The predicted molar refractivity (Wildman–Crippen MR) is 66.2 cm³/mol. The van der Waals surface area contributed by atoms with Gasteiger partial charge in [-0.3, -0.25) is 0 Å². The SMILES string of the molecule is Cc1noc(C)c1-c1nc(C2(N)CCC2)no1.Cl. The summed E-state index contributed by atoms with van der Waals surface area (Å²) in [5.41, 5.74) is 7.26. The molecule has 6 nitrogen and oxygen atoms in total. The predicted octanol–water partition coefficient (Wildman–Crippen LogP) is 2.10. The molecule has 98 valence electrons. The Hall–Kier alpha value is -1.40. The standard InChI is InChI=1S/C11H14N4O2.ClH/c1-6-8(7(2)16-14-6)9-13-10(15-17-9)11(12)4-3-5-11;/h3-5,12H2,1-2H3;1H. The molecule has 1 aliphatic rings. The highest BCUT2D eigenvalue weighted by molar-refractivity contribution is 5.85. The number of rotatable bonds is 2. The Morgan fingerprint density at radius 2 is 1.89 bits per heavy atom. The third-order valence-corrected chi connectivity index (χ3v) is 3.36. The highest BCUT2D eigenvalue weighted by Crippen LogP contribution is 2.38. The Kier molecular flexibility index (Phi) is 3.16. The third-order valence-electron chi connectivity index (χ3n) is 3.36. The minimum atomic E-state index is -0.402. The van der Waals surface area contributed by atoms with E-state index in [9.17, 15) is 0 Å². The van der Waals surface area contributed by atoms with Crippen LogP contribution in [0.1, 0.15) is 36.5 Å². The molecule has 1 fully saturated rings. The quantitative estimate of drug-likeness (QED) is 0.898. The lowest BCUT2D eigenvalue weighted by Gasteiger charge is -2.34. The first kappa shape index (κ1) is 13.0. The van der Waals surface area contributed by atoms with Gasteiger partial charge in [-0.1, -0.05) is 10.3 Å². The van der Waals surface area contributed by atoms with Crippen LogP contribution in [0.25, 0.3) is 11.5 Å².